The van der Waals surface area contributed by atoms with Crippen molar-refractivity contribution in [1.82, 2.24) is 25.9 Å². The minimum absolute atomic E-state index is 0.0785. The van der Waals surface area contributed by atoms with E-state index in [1.165, 1.54) is 6.92 Å². The molecule has 0 bridgehead atoms. The van der Waals surface area contributed by atoms with Gasteiger partial charge in [-0.1, -0.05) is 36.4 Å². The van der Waals surface area contributed by atoms with Crippen molar-refractivity contribution in [3.8, 4) is 0 Å². The summed E-state index contributed by atoms with van der Waals surface area (Å²) in [5.41, 5.74) is 14.7. The Kier molecular flexibility index (Phi) is 9.22. The summed E-state index contributed by atoms with van der Waals surface area (Å²) in [4.78, 5) is 68.2. The average Bonchev–Trinajstić information content (AvgIpc) is 3.56. The van der Waals surface area contributed by atoms with Gasteiger partial charge in [0.15, 0.2) is 0 Å². The van der Waals surface area contributed by atoms with Crippen LogP contribution in [0.1, 0.15) is 24.5 Å². The number of aromatic nitrogens is 2. The highest BCUT2D eigenvalue weighted by molar-refractivity contribution is 5.95. The number of amides is 4. The van der Waals surface area contributed by atoms with Crippen LogP contribution < -0.4 is 27.4 Å². The van der Waals surface area contributed by atoms with Crippen LogP contribution in [0, 0.1) is 0 Å². The molecule has 4 aromatic rings. The van der Waals surface area contributed by atoms with E-state index in [-0.39, 0.29) is 12.8 Å². The SMILES string of the molecule is CC(NC(=O)C(Cc1c[nH]c2ccccc12)NC(=O)C(N)Cc1c[nH]c2ccccc12)C(=O)NC(CC(N)=O)C(=O)O. The van der Waals surface area contributed by atoms with Gasteiger partial charge in [0.1, 0.15) is 18.1 Å². The molecule has 2 heterocycles. The molecule has 4 rings (SSSR count). The third-order valence-electron chi connectivity index (χ3n) is 6.96. The molecule has 0 aliphatic rings. The monoisotopic (exact) mass is 575 g/mol. The summed E-state index contributed by atoms with van der Waals surface area (Å²) in [6.45, 7) is 1.35. The highest BCUT2D eigenvalue weighted by Crippen LogP contribution is 2.20. The molecule has 10 N–H and O–H groups in total. The van der Waals surface area contributed by atoms with E-state index >= 15 is 0 Å². The van der Waals surface area contributed by atoms with Gasteiger partial charge < -0.3 is 42.5 Å². The van der Waals surface area contributed by atoms with Gasteiger partial charge in [0.05, 0.1) is 12.5 Å². The maximum absolute atomic E-state index is 13.4. The quantitative estimate of drug-likeness (QED) is 0.110. The first-order valence-electron chi connectivity index (χ1n) is 13.3. The van der Waals surface area contributed by atoms with Crippen LogP contribution >= 0.6 is 0 Å². The van der Waals surface area contributed by atoms with E-state index in [1.807, 2.05) is 48.5 Å². The van der Waals surface area contributed by atoms with Gasteiger partial charge in [-0.2, -0.15) is 0 Å². The van der Waals surface area contributed by atoms with Crippen LogP contribution in [-0.4, -0.2) is 68.8 Å². The third-order valence-corrected chi connectivity index (χ3v) is 6.96. The summed E-state index contributed by atoms with van der Waals surface area (Å²) in [6.07, 6.45) is 3.20. The second-order valence-corrected chi connectivity index (χ2v) is 10.1. The minimum atomic E-state index is -1.56. The summed E-state index contributed by atoms with van der Waals surface area (Å²) < 4.78 is 0. The van der Waals surface area contributed by atoms with E-state index in [0.717, 1.165) is 32.9 Å². The third kappa shape index (κ3) is 7.12. The van der Waals surface area contributed by atoms with Crippen LogP contribution in [0.3, 0.4) is 0 Å². The molecule has 0 radical (unpaired) electrons. The number of aliphatic carboxylic acids is 1. The van der Waals surface area contributed by atoms with Crippen LogP contribution in [0.2, 0.25) is 0 Å². The molecule has 13 nitrogen and oxygen atoms in total. The Hall–Kier alpha value is -5.17. The van der Waals surface area contributed by atoms with Gasteiger partial charge in [-0.15, -0.1) is 0 Å². The maximum Gasteiger partial charge on any atom is 0.326 e. The van der Waals surface area contributed by atoms with E-state index in [1.54, 1.807) is 12.4 Å². The zero-order valence-corrected chi connectivity index (χ0v) is 22.8. The van der Waals surface area contributed by atoms with Gasteiger partial charge in [-0.25, -0.2) is 4.79 Å². The molecule has 0 saturated carbocycles. The van der Waals surface area contributed by atoms with Crippen molar-refractivity contribution in [3.05, 3.63) is 72.1 Å². The first-order chi connectivity index (χ1) is 20.0. The van der Waals surface area contributed by atoms with Crippen LogP contribution in [0.5, 0.6) is 0 Å². The van der Waals surface area contributed by atoms with Crippen molar-refractivity contribution in [2.24, 2.45) is 11.5 Å². The summed E-state index contributed by atoms with van der Waals surface area (Å²) >= 11 is 0. The smallest absolute Gasteiger partial charge is 0.326 e. The molecule has 2 aromatic carbocycles. The number of carboxylic acid groups (broad SMARTS) is 1. The number of H-pyrrole nitrogens is 2. The lowest BCUT2D eigenvalue weighted by atomic mass is 10.0. The first kappa shape index (κ1) is 29.8. The molecular formula is C29H33N7O6. The Morgan fingerprint density at radius 1 is 0.762 bits per heavy atom. The lowest BCUT2D eigenvalue weighted by molar-refractivity contribution is -0.143. The Morgan fingerprint density at radius 3 is 1.83 bits per heavy atom. The van der Waals surface area contributed by atoms with Crippen molar-refractivity contribution < 1.29 is 29.1 Å². The summed E-state index contributed by atoms with van der Waals surface area (Å²) in [5, 5.41) is 18.5. The van der Waals surface area contributed by atoms with E-state index in [0.29, 0.717) is 0 Å². The van der Waals surface area contributed by atoms with Crippen molar-refractivity contribution in [1.29, 1.82) is 0 Å². The highest BCUT2D eigenvalue weighted by atomic mass is 16.4. The van der Waals surface area contributed by atoms with Gasteiger partial charge in [-0.3, -0.25) is 19.2 Å². The molecule has 0 saturated heterocycles. The number of fused-ring (bicyclic) bond motifs is 2. The second-order valence-electron chi connectivity index (χ2n) is 10.1. The summed E-state index contributed by atoms with van der Waals surface area (Å²) in [7, 11) is 0. The predicted octanol–water partition coefficient (Wildman–Crippen LogP) is 0.196. The second kappa shape index (κ2) is 13.0. The van der Waals surface area contributed by atoms with Crippen LogP contribution in [0.25, 0.3) is 21.8 Å². The van der Waals surface area contributed by atoms with Crippen LogP contribution in [-0.2, 0) is 36.8 Å². The van der Waals surface area contributed by atoms with Gasteiger partial charge in [0, 0.05) is 40.6 Å². The van der Waals surface area contributed by atoms with Crippen molar-refractivity contribution >= 4 is 51.4 Å². The molecule has 13 heteroatoms. The molecule has 4 amide bonds. The Morgan fingerprint density at radius 2 is 1.29 bits per heavy atom. The number of nitrogens with two attached hydrogens (primary N) is 2. The van der Waals surface area contributed by atoms with Gasteiger partial charge in [0.25, 0.3) is 0 Å². The number of para-hydroxylation sites is 2. The number of rotatable bonds is 13. The van der Waals surface area contributed by atoms with Gasteiger partial charge in [0.2, 0.25) is 23.6 Å². The van der Waals surface area contributed by atoms with Crippen molar-refractivity contribution in [2.45, 2.75) is 50.4 Å². The number of carboxylic acids is 1. The number of carbonyl (C=O) groups excluding carboxylic acids is 4. The zero-order valence-electron chi connectivity index (χ0n) is 22.8. The molecule has 2 aromatic heterocycles. The Bertz CT molecular complexity index is 1630. The molecule has 220 valence electrons. The van der Waals surface area contributed by atoms with Gasteiger partial charge in [-0.05, 0) is 36.6 Å². The topological polar surface area (TPSA) is 225 Å². The molecule has 0 aliphatic carbocycles. The largest absolute Gasteiger partial charge is 0.480 e. The number of hydrogen-bond donors (Lipinski definition) is 8. The molecule has 0 fully saturated rings. The van der Waals surface area contributed by atoms with Crippen LogP contribution in [0.15, 0.2) is 60.9 Å². The average molecular weight is 576 g/mol. The lowest BCUT2D eigenvalue weighted by Gasteiger charge is -2.23. The Labute approximate surface area is 240 Å². The number of hydrogen-bond acceptors (Lipinski definition) is 6. The number of nitrogens with one attached hydrogen (secondary N) is 5. The lowest BCUT2D eigenvalue weighted by Crippen LogP contribution is -2.57. The van der Waals surface area contributed by atoms with Crippen LogP contribution in [0.4, 0.5) is 0 Å². The van der Waals surface area contributed by atoms with E-state index < -0.39 is 60.2 Å². The zero-order chi connectivity index (χ0) is 30.4. The highest BCUT2D eigenvalue weighted by Gasteiger charge is 2.30. The summed E-state index contributed by atoms with van der Waals surface area (Å²) in [5.74, 6) is -4.45. The molecular weight excluding hydrogens is 542 g/mol. The molecule has 4 unspecified atom stereocenters. The standard InChI is InChI=1S/C29H33N7O6/c1-15(26(38)36-24(29(41)42)12-25(31)37)34-28(40)23(11-17-14-33-22-9-5-3-7-19(17)22)35-27(39)20(30)10-16-13-32-21-8-4-2-6-18(16)21/h2-9,13-15,20,23-24,32-33H,10-12,30H2,1H3,(H2,31,37)(H,34,40)(H,35,39)(H,36,38)(H,41,42). The minimum Gasteiger partial charge on any atom is -0.480 e. The maximum atomic E-state index is 13.4. The van der Waals surface area contributed by atoms with Crippen molar-refractivity contribution in [3.63, 3.8) is 0 Å². The molecule has 0 spiro atoms. The Balaban J connectivity index is 1.49. The van der Waals surface area contributed by atoms with E-state index in [2.05, 4.69) is 25.9 Å². The summed E-state index contributed by atoms with van der Waals surface area (Å²) in [6, 6.07) is 10.2. The number of benzene rings is 2. The fraction of sp³-hybridized carbons (Fsp3) is 0.276. The fourth-order valence-electron chi connectivity index (χ4n) is 4.72. The number of aromatic amines is 2. The molecule has 0 aliphatic heterocycles. The fourth-order valence-corrected chi connectivity index (χ4v) is 4.72. The van der Waals surface area contributed by atoms with Gasteiger partial charge >= 0.3 is 5.97 Å². The molecule has 42 heavy (non-hydrogen) atoms. The van der Waals surface area contributed by atoms with E-state index in [9.17, 15) is 29.1 Å². The number of carbonyl (C=O) groups is 5. The van der Waals surface area contributed by atoms with E-state index in [4.69, 9.17) is 11.5 Å². The number of primary amides is 1. The normalized spacial score (nSPS) is 14.0. The predicted molar refractivity (Wildman–Crippen MR) is 155 cm³/mol. The molecule has 4 atom stereocenters. The van der Waals surface area contributed by atoms with Crippen molar-refractivity contribution in [2.75, 3.05) is 0 Å². The first-order valence-corrected chi connectivity index (χ1v) is 13.3.